The van der Waals surface area contributed by atoms with E-state index in [-0.39, 0.29) is 0 Å². The average Bonchev–Trinajstić information content (AvgIpc) is 3.17. The molecule has 20 heavy (non-hydrogen) atoms. The Kier molecular flexibility index (Phi) is 3.83. The van der Waals surface area contributed by atoms with E-state index in [0.717, 1.165) is 30.0 Å². The minimum absolute atomic E-state index is 0.794. The van der Waals surface area contributed by atoms with E-state index in [4.69, 9.17) is 4.42 Å². The Morgan fingerprint density at radius 2 is 1.90 bits per heavy atom. The molecule has 1 aromatic carbocycles. The SMILES string of the molecule is CCc1ccc(CNc2ccc(-c3cnco3)cc2)s1. The molecule has 0 aliphatic carbocycles. The molecule has 0 amide bonds. The lowest BCUT2D eigenvalue weighted by Gasteiger charge is -2.05. The van der Waals surface area contributed by atoms with Gasteiger partial charge in [-0.2, -0.15) is 0 Å². The lowest BCUT2D eigenvalue weighted by Crippen LogP contribution is -1.96. The first-order chi connectivity index (χ1) is 9.85. The Balaban J connectivity index is 1.63. The Labute approximate surface area is 122 Å². The van der Waals surface area contributed by atoms with E-state index in [1.807, 2.05) is 23.5 Å². The number of hydrogen-bond donors (Lipinski definition) is 1. The zero-order valence-corrected chi connectivity index (χ0v) is 12.1. The molecule has 0 saturated heterocycles. The van der Waals surface area contributed by atoms with E-state index in [1.165, 1.54) is 16.1 Å². The molecule has 3 aromatic rings. The molecule has 102 valence electrons. The average molecular weight is 284 g/mol. The molecule has 0 unspecified atom stereocenters. The number of thiophene rings is 1. The first-order valence-corrected chi connectivity index (χ1v) is 7.47. The molecule has 0 aliphatic heterocycles. The second-order valence-electron chi connectivity index (χ2n) is 4.52. The Morgan fingerprint density at radius 3 is 2.55 bits per heavy atom. The van der Waals surface area contributed by atoms with Crippen LogP contribution in [0, 0.1) is 0 Å². The first kappa shape index (κ1) is 12.9. The van der Waals surface area contributed by atoms with Gasteiger partial charge in [0.15, 0.2) is 12.2 Å². The van der Waals surface area contributed by atoms with Crippen LogP contribution in [0.4, 0.5) is 5.69 Å². The van der Waals surface area contributed by atoms with Crippen LogP contribution in [-0.2, 0) is 13.0 Å². The van der Waals surface area contributed by atoms with Crippen molar-refractivity contribution in [3.63, 3.8) is 0 Å². The van der Waals surface area contributed by atoms with Gasteiger partial charge >= 0.3 is 0 Å². The fourth-order valence-corrected chi connectivity index (χ4v) is 2.90. The molecule has 4 heteroatoms. The van der Waals surface area contributed by atoms with Gasteiger partial charge in [-0.3, -0.25) is 0 Å². The summed E-state index contributed by atoms with van der Waals surface area (Å²) in [5.74, 6) is 0.794. The van der Waals surface area contributed by atoms with Gasteiger partial charge in [0.2, 0.25) is 0 Å². The van der Waals surface area contributed by atoms with E-state index >= 15 is 0 Å². The van der Waals surface area contributed by atoms with E-state index in [2.05, 4.69) is 41.5 Å². The summed E-state index contributed by atoms with van der Waals surface area (Å²) >= 11 is 1.87. The van der Waals surface area contributed by atoms with E-state index in [9.17, 15) is 0 Å². The first-order valence-electron chi connectivity index (χ1n) is 6.65. The molecular formula is C16H16N2OS. The topological polar surface area (TPSA) is 38.1 Å². The van der Waals surface area contributed by atoms with Crippen LogP contribution in [0.25, 0.3) is 11.3 Å². The largest absolute Gasteiger partial charge is 0.444 e. The van der Waals surface area contributed by atoms with E-state index in [0.29, 0.717) is 0 Å². The van der Waals surface area contributed by atoms with Crippen LogP contribution in [0.5, 0.6) is 0 Å². The zero-order valence-electron chi connectivity index (χ0n) is 11.3. The maximum Gasteiger partial charge on any atom is 0.181 e. The van der Waals surface area contributed by atoms with Gasteiger partial charge in [-0.05, 0) is 42.8 Å². The van der Waals surface area contributed by atoms with Crippen LogP contribution in [0.15, 0.2) is 53.4 Å². The van der Waals surface area contributed by atoms with Gasteiger partial charge in [-0.15, -0.1) is 11.3 Å². The summed E-state index contributed by atoms with van der Waals surface area (Å²) in [5, 5.41) is 3.44. The number of benzene rings is 1. The fourth-order valence-electron chi connectivity index (χ4n) is 2.01. The second kappa shape index (κ2) is 5.92. The van der Waals surface area contributed by atoms with Crippen LogP contribution in [0.1, 0.15) is 16.7 Å². The highest BCUT2D eigenvalue weighted by Gasteiger charge is 2.02. The molecule has 0 atom stereocenters. The fraction of sp³-hybridized carbons (Fsp3) is 0.188. The number of hydrogen-bond acceptors (Lipinski definition) is 4. The Morgan fingerprint density at radius 1 is 1.10 bits per heavy atom. The molecule has 1 N–H and O–H groups in total. The number of rotatable bonds is 5. The van der Waals surface area contributed by atoms with Gasteiger partial charge in [-0.1, -0.05) is 6.92 Å². The van der Waals surface area contributed by atoms with Gasteiger partial charge in [0.05, 0.1) is 6.20 Å². The third-order valence-corrected chi connectivity index (χ3v) is 4.36. The minimum Gasteiger partial charge on any atom is -0.444 e. The maximum absolute atomic E-state index is 5.27. The smallest absolute Gasteiger partial charge is 0.181 e. The predicted molar refractivity (Wildman–Crippen MR) is 83.0 cm³/mol. The highest BCUT2D eigenvalue weighted by atomic mass is 32.1. The van der Waals surface area contributed by atoms with Gasteiger partial charge < -0.3 is 9.73 Å². The molecule has 0 saturated carbocycles. The van der Waals surface area contributed by atoms with Gasteiger partial charge in [0.1, 0.15) is 0 Å². The predicted octanol–water partition coefficient (Wildman–Crippen LogP) is 4.58. The normalized spacial score (nSPS) is 10.7. The third kappa shape index (κ3) is 2.91. The Bertz CT molecular complexity index is 656. The highest BCUT2D eigenvalue weighted by Crippen LogP contribution is 2.22. The molecule has 0 spiro atoms. The second-order valence-corrected chi connectivity index (χ2v) is 5.77. The maximum atomic E-state index is 5.27. The molecule has 2 heterocycles. The van der Waals surface area contributed by atoms with Crippen LogP contribution in [0.2, 0.25) is 0 Å². The van der Waals surface area contributed by atoms with Crippen molar-refractivity contribution in [2.75, 3.05) is 5.32 Å². The highest BCUT2D eigenvalue weighted by molar-refractivity contribution is 7.12. The number of aromatic nitrogens is 1. The molecule has 0 fully saturated rings. The lowest BCUT2D eigenvalue weighted by molar-refractivity contribution is 0.572. The summed E-state index contributed by atoms with van der Waals surface area (Å²) in [7, 11) is 0. The summed E-state index contributed by atoms with van der Waals surface area (Å²) in [5.41, 5.74) is 2.15. The van der Waals surface area contributed by atoms with E-state index in [1.54, 1.807) is 6.20 Å². The van der Waals surface area contributed by atoms with Crippen molar-refractivity contribution in [2.45, 2.75) is 19.9 Å². The molecule has 2 aromatic heterocycles. The number of oxazole rings is 1. The number of aryl methyl sites for hydroxylation is 1. The minimum atomic E-state index is 0.794. The van der Waals surface area contributed by atoms with Crippen LogP contribution in [0.3, 0.4) is 0 Å². The third-order valence-electron chi connectivity index (χ3n) is 3.13. The molecule has 3 rings (SSSR count). The molecule has 0 aliphatic rings. The van der Waals surface area contributed by atoms with E-state index < -0.39 is 0 Å². The summed E-state index contributed by atoms with van der Waals surface area (Å²) in [6.45, 7) is 3.05. The van der Waals surface area contributed by atoms with Crippen molar-refractivity contribution in [1.29, 1.82) is 0 Å². The molecular weight excluding hydrogens is 268 g/mol. The monoisotopic (exact) mass is 284 g/mol. The van der Waals surface area contributed by atoms with Gasteiger partial charge in [0.25, 0.3) is 0 Å². The molecule has 3 nitrogen and oxygen atoms in total. The van der Waals surface area contributed by atoms with Gasteiger partial charge in [0, 0.05) is 27.5 Å². The summed E-state index contributed by atoms with van der Waals surface area (Å²) < 4.78 is 5.27. The van der Waals surface area contributed by atoms with Crippen LogP contribution in [-0.4, -0.2) is 4.98 Å². The van der Waals surface area contributed by atoms with Crippen molar-refractivity contribution in [1.82, 2.24) is 4.98 Å². The summed E-state index contributed by atoms with van der Waals surface area (Å²) in [6, 6.07) is 12.6. The summed E-state index contributed by atoms with van der Waals surface area (Å²) in [6.07, 6.45) is 4.28. The zero-order chi connectivity index (χ0) is 13.8. The van der Waals surface area contributed by atoms with Crippen LogP contribution >= 0.6 is 11.3 Å². The Hall–Kier alpha value is -2.07. The van der Waals surface area contributed by atoms with Crippen molar-refractivity contribution in [3.8, 4) is 11.3 Å². The number of nitrogens with one attached hydrogen (secondary N) is 1. The summed E-state index contributed by atoms with van der Waals surface area (Å²) in [4.78, 5) is 6.72. The molecule has 0 radical (unpaired) electrons. The molecule has 0 bridgehead atoms. The number of nitrogens with zero attached hydrogens (tertiary/aromatic N) is 1. The lowest BCUT2D eigenvalue weighted by atomic mass is 10.2. The van der Waals surface area contributed by atoms with Gasteiger partial charge in [-0.25, -0.2) is 4.98 Å². The quantitative estimate of drug-likeness (QED) is 0.745. The van der Waals surface area contributed by atoms with Crippen molar-refractivity contribution < 1.29 is 4.42 Å². The van der Waals surface area contributed by atoms with Crippen molar-refractivity contribution >= 4 is 17.0 Å². The standard InChI is InChI=1S/C16H16N2OS/c1-2-14-7-8-15(20-14)9-18-13-5-3-12(4-6-13)16-10-17-11-19-16/h3-8,10-11,18H,2,9H2,1H3. The number of anilines is 1. The van der Waals surface area contributed by atoms with Crippen molar-refractivity contribution in [2.24, 2.45) is 0 Å². The van der Waals surface area contributed by atoms with Crippen LogP contribution < -0.4 is 5.32 Å². The van der Waals surface area contributed by atoms with Crippen molar-refractivity contribution in [3.05, 3.63) is 58.7 Å².